The van der Waals surface area contributed by atoms with Crippen LogP contribution in [0.1, 0.15) is 35.2 Å². The molecule has 2 heterocycles. The van der Waals surface area contributed by atoms with E-state index >= 15 is 0 Å². The van der Waals surface area contributed by atoms with E-state index in [4.69, 9.17) is 4.84 Å². The van der Waals surface area contributed by atoms with Crippen molar-refractivity contribution in [1.29, 1.82) is 0 Å². The average molecular weight is 549 g/mol. The van der Waals surface area contributed by atoms with Crippen LogP contribution in [0.25, 0.3) is 32.9 Å². The Morgan fingerprint density at radius 3 is 2.21 bits per heavy atom. The summed E-state index contributed by atoms with van der Waals surface area (Å²) in [5.74, 6) is -3.15. The molecular formula is C27H20N2O9S. The van der Waals surface area contributed by atoms with Gasteiger partial charge in [0.1, 0.15) is 0 Å². The molecule has 1 saturated heterocycles. The number of hydrogen-bond acceptors (Lipinski definition) is 8. The zero-order valence-electron chi connectivity index (χ0n) is 20.2. The molecule has 0 unspecified atom stereocenters. The summed E-state index contributed by atoms with van der Waals surface area (Å²) in [5.41, 5.74) is 1.40. The van der Waals surface area contributed by atoms with E-state index in [1.54, 1.807) is 36.4 Å². The second-order valence-electron chi connectivity index (χ2n) is 8.86. The number of carbonyl (C=O) groups excluding carboxylic acids is 3. The summed E-state index contributed by atoms with van der Waals surface area (Å²) in [4.78, 5) is 52.6. The number of rotatable bonds is 7. The molecule has 0 saturated carbocycles. The second-order valence-corrected chi connectivity index (χ2v) is 10.1. The zero-order chi connectivity index (χ0) is 27.9. The number of aromatic nitrogens is 1. The maximum Gasteiger partial charge on any atom is 0.337 e. The largest absolute Gasteiger partial charge is 0.693 e. The van der Waals surface area contributed by atoms with Gasteiger partial charge in [0.15, 0.2) is 0 Å². The Hall–Kier alpha value is -4.68. The van der Waals surface area contributed by atoms with Gasteiger partial charge >= 0.3 is 22.2 Å². The lowest BCUT2D eigenvalue weighted by Crippen LogP contribution is -2.44. The van der Waals surface area contributed by atoms with Crippen LogP contribution in [-0.2, 0) is 35.9 Å². The van der Waals surface area contributed by atoms with E-state index in [1.807, 2.05) is 0 Å². The van der Waals surface area contributed by atoms with Crippen molar-refractivity contribution in [2.75, 3.05) is 0 Å². The number of carbonyl (C=O) groups is 4. The topological polar surface area (TPSA) is 162 Å². The first-order valence-corrected chi connectivity index (χ1v) is 13.2. The lowest BCUT2D eigenvalue weighted by molar-refractivity contribution is -0.459. The number of carboxylic acids is 1. The van der Waals surface area contributed by atoms with Crippen LogP contribution < -0.4 is 3.97 Å². The number of fused-ring (bicyclic) bond motifs is 2. The van der Waals surface area contributed by atoms with Crippen molar-refractivity contribution in [3.8, 4) is 11.1 Å². The smallest absolute Gasteiger partial charge is 0.337 e. The van der Waals surface area contributed by atoms with Crippen LogP contribution in [0.2, 0.25) is 0 Å². The van der Waals surface area contributed by atoms with Crippen molar-refractivity contribution in [3.63, 3.8) is 0 Å². The van der Waals surface area contributed by atoms with Gasteiger partial charge in [-0.05, 0) is 29.2 Å². The van der Waals surface area contributed by atoms with E-state index in [2.05, 4.69) is 0 Å². The summed E-state index contributed by atoms with van der Waals surface area (Å²) < 4.78 is 37.5. The number of hydroxylamine groups is 2. The molecule has 0 bridgehead atoms. The summed E-state index contributed by atoms with van der Waals surface area (Å²) >= 11 is 0. The molecule has 1 aliphatic rings. The molecule has 1 aliphatic heterocycles. The first kappa shape index (κ1) is 25.9. The highest BCUT2D eigenvalue weighted by Gasteiger charge is 2.33. The van der Waals surface area contributed by atoms with E-state index in [0.29, 0.717) is 20.2 Å². The number of pyridine rings is 1. The Labute approximate surface area is 221 Å². The summed E-state index contributed by atoms with van der Waals surface area (Å²) in [7, 11) is -5.05. The molecule has 2 amide bonds. The van der Waals surface area contributed by atoms with Gasteiger partial charge in [-0.2, -0.15) is 8.42 Å². The molecule has 0 atom stereocenters. The minimum atomic E-state index is -5.05. The Bertz CT molecular complexity index is 1780. The predicted molar refractivity (Wildman–Crippen MR) is 135 cm³/mol. The third kappa shape index (κ3) is 4.82. The number of nitrogens with zero attached hydrogens (tertiary/aromatic N) is 2. The maximum atomic E-state index is 12.4. The van der Waals surface area contributed by atoms with Gasteiger partial charge in [-0.1, -0.05) is 52.5 Å². The van der Waals surface area contributed by atoms with Gasteiger partial charge < -0.3 is 14.5 Å². The molecule has 12 heteroatoms. The monoisotopic (exact) mass is 548 g/mol. The van der Waals surface area contributed by atoms with E-state index in [-0.39, 0.29) is 53.1 Å². The summed E-state index contributed by atoms with van der Waals surface area (Å²) in [5, 5.41) is 10.8. The van der Waals surface area contributed by atoms with Crippen molar-refractivity contribution < 1.29 is 46.1 Å². The molecule has 11 nitrogen and oxygen atoms in total. The van der Waals surface area contributed by atoms with Gasteiger partial charge in [0.25, 0.3) is 11.8 Å². The van der Waals surface area contributed by atoms with Crippen molar-refractivity contribution >= 4 is 55.9 Å². The number of amides is 2. The lowest BCUT2D eigenvalue weighted by atomic mass is 9.94. The number of hydrogen-bond donors (Lipinski definition) is 1. The van der Waals surface area contributed by atoms with Gasteiger partial charge in [-0.3, -0.25) is 9.59 Å². The summed E-state index contributed by atoms with van der Waals surface area (Å²) in [6, 6.07) is 17.2. The Balaban J connectivity index is 1.52. The van der Waals surface area contributed by atoms with Crippen molar-refractivity contribution in [2.45, 2.75) is 25.7 Å². The van der Waals surface area contributed by atoms with Crippen LogP contribution >= 0.6 is 0 Å². The molecule has 39 heavy (non-hydrogen) atoms. The predicted octanol–water partition coefficient (Wildman–Crippen LogP) is 2.49. The minimum absolute atomic E-state index is 0.00186. The number of carboxylic acid groups (broad SMARTS) is 1. The van der Waals surface area contributed by atoms with Crippen molar-refractivity contribution in [2.24, 2.45) is 0 Å². The number of aromatic carboxylic acids is 1. The van der Waals surface area contributed by atoms with Gasteiger partial charge in [-0.15, -0.1) is 5.06 Å². The molecule has 0 spiro atoms. The van der Waals surface area contributed by atoms with Crippen LogP contribution in [0.15, 0.2) is 66.7 Å². The Morgan fingerprint density at radius 2 is 1.56 bits per heavy atom. The van der Waals surface area contributed by atoms with Crippen molar-refractivity contribution in [1.82, 2.24) is 5.06 Å². The Morgan fingerprint density at radius 1 is 0.923 bits per heavy atom. The highest BCUT2D eigenvalue weighted by Crippen LogP contribution is 2.34. The number of benzene rings is 3. The first-order valence-electron chi connectivity index (χ1n) is 11.8. The lowest BCUT2D eigenvalue weighted by Gasteiger charge is -2.14. The van der Waals surface area contributed by atoms with Gasteiger partial charge in [0.2, 0.25) is 11.0 Å². The molecule has 0 radical (unpaired) electrons. The van der Waals surface area contributed by atoms with E-state index in [0.717, 1.165) is 5.56 Å². The summed E-state index contributed by atoms with van der Waals surface area (Å²) in [6.45, 7) is 0. The third-order valence-corrected chi connectivity index (χ3v) is 7.26. The molecular weight excluding hydrogens is 528 g/mol. The molecule has 0 aliphatic carbocycles. The van der Waals surface area contributed by atoms with Crippen LogP contribution in [0.5, 0.6) is 0 Å². The highest BCUT2D eigenvalue weighted by atomic mass is 32.2. The molecule has 1 N–H and O–H groups in total. The van der Waals surface area contributed by atoms with E-state index < -0.39 is 34.1 Å². The quantitative estimate of drug-likeness (QED) is 0.158. The van der Waals surface area contributed by atoms with E-state index in [9.17, 15) is 37.3 Å². The van der Waals surface area contributed by atoms with Crippen LogP contribution in [-0.4, -0.2) is 46.9 Å². The maximum absolute atomic E-state index is 12.4. The number of imide groups is 1. The standard InChI is InChI=1S/C27H20N2O9S/c30-22-13-14-23(31)28(22)38-24(32)15-10-16-8-11-17(12-9-16)18-5-3-7-21-25(18)26(27(33)34)19-4-1-2-6-20(19)29(21)39(35,36)37/h1-9,11-12H,10,13-15H2,(H-,33,34,35,36,37). The summed E-state index contributed by atoms with van der Waals surface area (Å²) in [6.07, 6.45) is 0.148. The van der Waals surface area contributed by atoms with E-state index in [1.165, 1.54) is 30.3 Å². The van der Waals surface area contributed by atoms with Crippen LogP contribution in [0.4, 0.5) is 0 Å². The van der Waals surface area contributed by atoms with Gasteiger partial charge in [0, 0.05) is 25.0 Å². The SMILES string of the molecule is O=C(CCc1ccc(-c2cccc3c2c(C(=O)O)c2ccccc2[n+]3S(=O)(=O)[O-])cc1)ON1C(=O)CCC1=O. The molecule has 4 aromatic rings. The highest BCUT2D eigenvalue weighted by molar-refractivity contribution is 7.79. The minimum Gasteiger partial charge on any atom is -0.693 e. The fourth-order valence-corrected chi connectivity index (χ4v) is 5.50. The van der Waals surface area contributed by atoms with Gasteiger partial charge in [0.05, 0.1) is 22.8 Å². The zero-order valence-corrected chi connectivity index (χ0v) is 21.0. The fraction of sp³-hybridized carbons (Fsp3) is 0.148. The average Bonchev–Trinajstić information content (AvgIpc) is 3.21. The molecule has 1 fully saturated rings. The second kappa shape index (κ2) is 9.89. The molecule has 1 aromatic heterocycles. The van der Waals surface area contributed by atoms with Crippen LogP contribution in [0, 0.1) is 0 Å². The van der Waals surface area contributed by atoms with Crippen LogP contribution in [0.3, 0.4) is 0 Å². The first-order chi connectivity index (χ1) is 18.6. The normalized spacial score (nSPS) is 13.8. The molecule has 198 valence electrons. The third-order valence-electron chi connectivity index (χ3n) is 6.42. The van der Waals surface area contributed by atoms with Crippen molar-refractivity contribution in [3.05, 3.63) is 77.9 Å². The Kier molecular flexibility index (Phi) is 6.58. The fourth-order valence-electron chi connectivity index (χ4n) is 4.70. The molecule has 5 rings (SSSR count). The molecule has 3 aromatic carbocycles. The number of aryl methyl sites for hydroxylation is 1. The number of para-hydroxylation sites is 1. The van der Waals surface area contributed by atoms with Gasteiger partial charge in [-0.25, -0.2) is 9.59 Å².